The molecular weight excluding hydrogens is 236 g/mol. The van der Waals surface area contributed by atoms with Crippen molar-refractivity contribution in [2.45, 2.75) is 45.1 Å². The number of nitrogens with zero attached hydrogens (tertiary/aromatic N) is 3. The maximum atomic E-state index is 4.90. The van der Waals surface area contributed by atoms with Crippen LogP contribution in [-0.4, -0.2) is 27.6 Å². The van der Waals surface area contributed by atoms with Crippen LogP contribution >= 0.6 is 0 Å². The summed E-state index contributed by atoms with van der Waals surface area (Å²) in [6.07, 6.45) is 5.29. The Balaban J connectivity index is 2.13. The summed E-state index contributed by atoms with van der Waals surface area (Å²) >= 11 is 0. The first-order chi connectivity index (χ1) is 9.24. The van der Waals surface area contributed by atoms with Gasteiger partial charge in [-0.1, -0.05) is 13.8 Å². The Morgan fingerprint density at radius 3 is 2.89 bits per heavy atom. The molecule has 0 saturated carbocycles. The highest BCUT2D eigenvalue weighted by Gasteiger charge is 2.33. The molecule has 3 heterocycles. The Morgan fingerprint density at radius 2 is 2.16 bits per heavy atom. The van der Waals surface area contributed by atoms with Crippen LogP contribution in [0.4, 0.5) is 0 Å². The summed E-state index contributed by atoms with van der Waals surface area (Å²) in [4.78, 5) is 9.43. The summed E-state index contributed by atoms with van der Waals surface area (Å²) in [6, 6.07) is 4.04. The molecule has 0 amide bonds. The van der Waals surface area contributed by atoms with Crippen LogP contribution < -0.4 is 5.32 Å². The molecule has 0 atom stereocenters. The van der Waals surface area contributed by atoms with Crippen molar-refractivity contribution in [2.75, 3.05) is 13.1 Å². The molecule has 0 spiro atoms. The van der Waals surface area contributed by atoms with Gasteiger partial charge in [0, 0.05) is 18.2 Å². The lowest BCUT2D eigenvalue weighted by atomic mass is 9.80. The first-order valence-corrected chi connectivity index (χ1v) is 7.27. The maximum Gasteiger partial charge on any atom is 0.159 e. The van der Waals surface area contributed by atoms with E-state index in [0.717, 1.165) is 50.1 Å². The molecule has 1 N–H and O–H groups in total. The molecule has 2 aromatic heterocycles. The Kier molecular flexibility index (Phi) is 3.27. The van der Waals surface area contributed by atoms with Crippen molar-refractivity contribution < 1.29 is 0 Å². The van der Waals surface area contributed by atoms with E-state index >= 15 is 0 Å². The highest BCUT2D eigenvalue weighted by molar-refractivity contribution is 5.71. The van der Waals surface area contributed by atoms with E-state index < -0.39 is 0 Å². The van der Waals surface area contributed by atoms with Crippen molar-refractivity contribution in [1.82, 2.24) is 19.9 Å². The number of fused-ring (bicyclic) bond motifs is 1. The van der Waals surface area contributed by atoms with Gasteiger partial charge in [0.25, 0.3) is 0 Å². The molecule has 2 aromatic rings. The van der Waals surface area contributed by atoms with Gasteiger partial charge in [-0.15, -0.1) is 0 Å². The molecular formula is C15H22N4. The van der Waals surface area contributed by atoms with Gasteiger partial charge in [-0.05, 0) is 44.5 Å². The monoisotopic (exact) mass is 258 g/mol. The summed E-state index contributed by atoms with van der Waals surface area (Å²) in [5, 5.41) is 3.44. The van der Waals surface area contributed by atoms with E-state index in [4.69, 9.17) is 4.98 Å². The van der Waals surface area contributed by atoms with Gasteiger partial charge in [-0.2, -0.15) is 0 Å². The molecule has 19 heavy (non-hydrogen) atoms. The van der Waals surface area contributed by atoms with Gasteiger partial charge < -0.3 is 9.88 Å². The molecule has 1 saturated heterocycles. The second-order valence-electron chi connectivity index (χ2n) is 5.74. The van der Waals surface area contributed by atoms with Crippen molar-refractivity contribution >= 4 is 11.2 Å². The zero-order valence-electron chi connectivity index (χ0n) is 11.8. The number of aromatic nitrogens is 3. The van der Waals surface area contributed by atoms with Crippen LogP contribution in [0.2, 0.25) is 0 Å². The van der Waals surface area contributed by atoms with Crippen LogP contribution in [0.3, 0.4) is 0 Å². The fourth-order valence-electron chi connectivity index (χ4n) is 3.06. The predicted molar refractivity (Wildman–Crippen MR) is 77.3 cm³/mol. The van der Waals surface area contributed by atoms with Crippen molar-refractivity contribution in [1.29, 1.82) is 0 Å². The molecule has 0 aliphatic carbocycles. The van der Waals surface area contributed by atoms with Crippen LogP contribution in [-0.2, 0) is 12.0 Å². The minimum Gasteiger partial charge on any atom is -0.317 e. The Labute approximate surface area is 114 Å². The average molecular weight is 258 g/mol. The second kappa shape index (κ2) is 4.93. The molecule has 0 radical (unpaired) electrons. The fraction of sp³-hybridized carbons (Fsp3) is 0.600. The smallest absolute Gasteiger partial charge is 0.159 e. The Morgan fingerprint density at radius 1 is 1.37 bits per heavy atom. The zero-order valence-corrected chi connectivity index (χ0v) is 11.8. The predicted octanol–water partition coefficient (Wildman–Crippen LogP) is 2.48. The zero-order chi connectivity index (χ0) is 13.3. The number of hydrogen-bond acceptors (Lipinski definition) is 3. The number of imidazole rings is 1. The van der Waals surface area contributed by atoms with Crippen molar-refractivity contribution in [3.8, 4) is 0 Å². The van der Waals surface area contributed by atoms with Gasteiger partial charge in [0.2, 0.25) is 0 Å². The van der Waals surface area contributed by atoms with E-state index in [2.05, 4.69) is 34.8 Å². The summed E-state index contributed by atoms with van der Waals surface area (Å²) in [5.74, 6) is 1.23. The number of piperidine rings is 1. The lowest BCUT2D eigenvalue weighted by Gasteiger charge is -2.33. The molecule has 0 unspecified atom stereocenters. The van der Waals surface area contributed by atoms with E-state index in [0.29, 0.717) is 0 Å². The van der Waals surface area contributed by atoms with Gasteiger partial charge in [0.15, 0.2) is 5.65 Å². The normalized spacial score (nSPS) is 18.8. The highest BCUT2D eigenvalue weighted by Crippen LogP contribution is 2.34. The molecule has 1 aliphatic heterocycles. The maximum absolute atomic E-state index is 4.90. The molecule has 4 nitrogen and oxygen atoms in total. The lowest BCUT2D eigenvalue weighted by Crippen LogP contribution is -2.39. The minimum absolute atomic E-state index is 0.182. The lowest BCUT2D eigenvalue weighted by molar-refractivity contribution is 0.309. The minimum atomic E-state index is 0.182. The quantitative estimate of drug-likeness (QED) is 0.919. The highest BCUT2D eigenvalue weighted by atomic mass is 15.1. The van der Waals surface area contributed by atoms with Gasteiger partial charge in [0.05, 0.1) is 0 Å². The molecule has 0 aromatic carbocycles. The number of nitrogens with one attached hydrogen (secondary N) is 1. The van der Waals surface area contributed by atoms with Crippen molar-refractivity contribution in [3.63, 3.8) is 0 Å². The molecule has 1 fully saturated rings. The van der Waals surface area contributed by atoms with Crippen molar-refractivity contribution in [3.05, 3.63) is 24.2 Å². The molecule has 1 aliphatic rings. The number of hydrogen-bond donors (Lipinski definition) is 1. The molecule has 102 valence electrons. The summed E-state index contributed by atoms with van der Waals surface area (Å²) < 4.78 is 2.33. The Hall–Kier alpha value is -1.42. The van der Waals surface area contributed by atoms with Gasteiger partial charge in [-0.25, -0.2) is 9.97 Å². The average Bonchev–Trinajstić information content (AvgIpc) is 2.80. The van der Waals surface area contributed by atoms with E-state index in [1.807, 2.05) is 12.3 Å². The number of aryl methyl sites for hydroxylation is 1. The second-order valence-corrected chi connectivity index (χ2v) is 5.74. The third-order valence-electron chi connectivity index (χ3n) is 4.20. The number of rotatable bonds is 3. The van der Waals surface area contributed by atoms with E-state index in [1.165, 1.54) is 5.82 Å². The van der Waals surface area contributed by atoms with Crippen LogP contribution in [0.1, 0.15) is 38.9 Å². The first kappa shape index (κ1) is 12.6. The van der Waals surface area contributed by atoms with Crippen LogP contribution in [0.15, 0.2) is 18.3 Å². The molecule has 3 rings (SSSR count). The fourth-order valence-corrected chi connectivity index (χ4v) is 3.06. The topological polar surface area (TPSA) is 42.7 Å². The number of pyridine rings is 1. The van der Waals surface area contributed by atoms with Crippen LogP contribution in [0.5, 0.6) is 0 Å². The van der Waals surface area contributed by atoms with Crippen molar-refractivity contribution in [2.24, 2.45) is 0 Å². The third-order valence-corrected chi connectivity index (χ3v) is 4.20. The van der Waals surface area contributed by atoms with Gasteiger partial charge in [0.1, 0.15) is 11.3 Å². The van der Waals surface area contributed by atoms with Gasteiger partial charge >= 0.3 is 0 Å². The Bertz CT molecular complexity index is 567. The van der Waals surface area contributed by atoms with E-state index in [9.17, 15) is 0 Å². The molecule has 0 bridgehead atoms. The van der Waals surface area contributed by atoms with E-state index in [1.54, 1.807) is 0 Å². The van der Waals surface area contributed by atoms with Crippen LogP contribution in [0.25, 0.3) is 11.2 Å². The van der Waals surface area contributed by atoms with Crippen LogP contribution in [0, 0.1) is 0 Å². The molecule has 4 heteroatoms. The third kappa shape index (κ3) is 2.14. The standard InChI is InChI=1S/C15H22N4/c1-3-11-19-13-12(5-4-8-17-13)18-14(19)15(2)6-9-16-10-7-15/h4-5,8,16H,3,6-7,9-11H2,1-2H3. The largest absolute Gasteiger partial charge is 0.317 e. The van der Waals surface area contributed by atoms with Gasteiger partial charge in [-0.3, -0.25) is 0 Å². The van der Waals surface area contributed by atoms with E-state index in [-0.39, 0.29) is 5.41 Å². The first-order valence-electron chi connectivity index (χ1n) is 7.27. The summed E-state index contributed by atoms with van der Waals surface area (Å²) in [5.41, 5.74) is 2.26. The summed E-state index contributed by atoms with van der Waals surface area (Å²) in [6.45, 7) is 7.73. The summed E-state index contributed by atoms with van der Waals surface area (Å²) in [7, 11) is 0. The SMILES string of the molecule is CCCn1c(C2(C)CCNCC2)nc2cccnc21.